The highest BCUT2D eigenvalue weighted by Gasteiger charge is 2.42. The number of nitrogens with one attached hydrogen (secondary N) is 1. The van der Waals surface area contributed by atoms with Crippen LogP contribution in [0.5, 0.6) is 0 Å². The fraction of sp³-hybridized carbons (Fsp3) is 0.467. The highest BCUT2D eigenvalue weighted by Crippen LogP contribution is 2.46. The number of carbonyl (C=O) groups is 1. The number of hydrogen-bond acceptors (Lipinski definition) is 3. The topological polar surface area (TPSA) is 66.6 Å². The van der Waals surface area contributed by atoms with Gasteiger partial charge >= 0.3 is 5.97 Å². The molecular weight excluding hydrogens is 254 g/mol. The number of carboxylic acid groups (broad SMARTS) is 1. The van der Waals surface area contributed by atoms with E-state index in [4.69, 9.17) is 0 Å². The Morgan fingerprint density at radius 1 is 1.30 bits per heavy atom. The van der Waals surface area contributed by atoms with Crippen LogP contribution in [0.15, 0.2) is 24.4 Å². The van der Waals surface area contributed by atoms with Crippen molar-refractivity contribution >= 4 is 17.4 Å². The molecule has 2 fully saturated rings. The van der Waals surface area contributed by atoms with E-state index >= 15 is 0 Å². The van der Waals surface area contributed by atoms with Gasteiger partial charge < -0.3 is 10.4 Å². The Kier molecular flexibility index (Phi) is 2.49. The third-order valence-corrected chi connectivity index (χ3v) is 4.30. The van der Waals surface area contributed by atoms with Crippen molar-refractivity contribution in [3.8, 4) is 0 Å². The third-order valence-electron chi connectivity index (χ3n) is 4.30. The van der Waals surface area contributed by atoms with E-state index in [1.54, 1.807) is 10.6 Å². The van der Waals surface area contributed by atoms with Gasteiger partial charge in [-0.15, -0.1) is 0 Å². The van der Waals surface area contributed by atoms with Crippen LogP contribution < -0.4 is 5.32 Å². The average molecular weight is 271 g/mol. The Balaban J connectivity index is 1.74. The lowest BCUT2D eigenvalue weighted by Crippen LogP contribution is -2.25. The van der Waals surface area contributed by atoms with E-state index in [0.29, 0.717) is 29.3 Å². The van der Waals surface area contributed by atoms with Crippen molar-refractivity contribution in [2.24, 2.45) is 11.8 Å². The van der Waals surface area contributed by atoms with Gasteiger partial charge in [0.05, 0.1) is 0 Å². The molecule has 2 aromatic rings. The van der Waals surface area contributed by atoms with Crippen LogP contribution in [0.2, 0.25) is 0 Å². The van der Waals surface area contributed by atoms with Gasteiger partial charge in [0.15, 0.2) is 11.5 Å². The Morgan fingerprint density at radius 2 is 2.00 bits per heavy atom. The molecule has 0 saturated heterocycles. The maximum atomic E-state index is 11.5. The van der Waals surface area contributed by atoms with E-state index in [9.17, 15) is 9.90 Å². The molecule has 2 heterocycles. The number of carboxylic acids is 1. The summed E-state index contributed by atoms with van der Waals surface area (Å²) >= 11 is 0. The van der Waals surface area contributed by atoms with Crippen LogP contribution in [0.3, 0.4) is 0 Å². The van der Waals surface area contributed by atoms with Gasteiger partial charge in [-0.05, 0) is 49.7 Å². The zero-order chi connectivity index (χ0) is 13.7. The third kappa shape index (κ3) is 1.94. The van der Waals surface area contributed by atoms with E-state index in [2.05, 4.69) is 10.3 Å². The highest BCUT2D eigenvalue weighted by molar-refractivity contribution is 5.93. The molecule has 2 N–H and O–H groups in total. The first-order chi connectivity index (χ1) is 9.74. The maximum Gasteiger partial charge on any atom is 0.356 e. The lowest BCUT2D eigenvalue weighted by atomic mass is 10.1. The molecule has 2 aliphatic carbocycles. The summed E-state index contributed by atoms with van der Waals surface area (Å²) in [4.78, 5) is 16.0. The summed E-state index contributed by atoms with van der Waals surface area (Å²) in [5, 5.41) is 12.9. The van der Waals surface area contributed by atoms with Crippen molar-refractivity contribution < 1.29 is 9.90 Å². The first kappa shape index (κ1) is 11.8. The van der Waals surface area contributed by atoms with Crippen LogP contribution in [0.4, 0.5) is 5.82 Å². The molecule has 2 aromatic heterocycles. The monoisotopic (exact) mass is 271 g/mol. The molecule has 0 radical (unpaired) electrons. The van der Waals surface area contributed by atoms with Crippen molar-refractivity contribution in [3.05, 3.63) is 30.1 Å². The zero-order valence-corrected chi connectivity index (χ0v) is 11.1. The summed E-state index contributed by atoms with van der Waals surface area (Å²) in [6.07, 6.45) is 6.77. The van der Waals surface area contributed by atoms with Gasteiger partial charge in [0, 0.05) is 12.2 Å². The van der Waals surface area contributed by atoms with Gasteiger partial charge in [0.2, 0.25) is 0 Å². The summed E-state index contributed by atoms with van der Waals surface area (Å²) in [5.41, 5.74) is 0.921. The van der Waals surface area contributed by atoms with E-state index in [0.717, 1.165) is 0 Å². The van der Waals surface area contributed by atoms with E-state index < -0.39 is 5.97 Å². The molecule has 2 aliphatic rings. The fourth-order valence-electron chi connectivity index (χ4n) is 2.99. The number of hydrogen-bond donors (Lipinski definition) is 2. The molecule has 0 bridgehead atoms. The molecular formula is C15H17N3O2. The highest BCUT2D eigenvalue weighted by atomic mass is 16.4. The second-order valence-electron chi connectivity index (χ2n) is 5.89. The second-order valence-corrected chi connectivity index (χ2v) is 5.89. The van der Waals surface area contributed by atoms with Gasteiger partial charge in [0.25, 0.3) is 0 Å². The number of aromatic carboxylic acids is 1. The summed E-state index contributed by atoms with van der Waals surface area (Å²) in [5.74, 6) is 0.993. The number of aromatic nitrogens is 2. The molecule has 0 amide bonds. The minimum atomic E-state index is -0.934. The van der Waals surface area contributed by atoms with Crippen LogP contribution in [0, 0.1) is 11.8 Å². The molecule has 0 spiro atoms. The van der Waals surface area contributed by atoms with E-state index in [-0.39, 0.29) is 5.69 Å². The summed E-state index contributed by atoms with van der Waals surface area (Å²) in [7, 11) is 0. The molecule has 20 heavy (non-hydrogen) atoms. The summed E-state index contributed by atoms with van der Waals surface area (Å²) < 4.78 is 1.64. The van der Waals surface area contributed by atoms with Gasteiger partial charge in [-0.3, -0.25) is 4.40 Å². The predicted molar refractivity (Wildman–Crippen MR) is 75.0 cm³/mol. The van der Waals surface area contributed by atoms with Gasteiger partial charge in [-0.25, -0.2) is 9.78 Å². The van der Waals surface area contributed by atoms with Crippen LogP contribution in [-0.4, -0.2) is 26.5 Å². The fourth-order valence-corrected chi connectivity index (χ4v) is 2.99. The number of anilines is 1. The molecule has 0 atom stereocenters. The quantitative estimate of drug-likeness (QED) is 0.877. The van der Waals surface area contributed by atoms with Crippen molar-refractivity contribution in [1.29, 1.82) is 0 Å². The number of imidazole rings is 1. The van der Waals surface area contributed by atoms with Crippen molar-refractivity contribution in [1.82, 2.24) is 9.38 Å². The average Bonchev–Trinajstić information content (AvgIpc) is 3.31. The van der Waals surface area contributed by atoms with E-state index in [1.165, 1.54) is 25.7 Å². The van der Waals surface area contributed by atoms with Crippen molar-refractivity contribution in [3.63, 3.8) is 0 Å². The SMILES string of the molecule is O=C(O)c1c(NC(C2CC2)C2CC2)nc2ccccn12. The first-order valence-electron chi connectivity index (χ1n) is 7.21. The second kappa shape index (κ2) is 4.23. The lowest BCUT2D eigenvalue weighted by Gasteiger charge is -2.17. The standard InChI is InChI=1S/C15H17N3O2/c19-15(20)13-14(16-11-3-1-2-8-18(11)13)17-12(9-4-5-9)10-6-7-10/h1-3,8-10,12,17H,4-7H2,(H,19,20). The molecule has 2 saturated carbocycles. The number of fused-ring (bicyclic) bond motifs is 1. The molecule has 0 aromatic carbocycles. The summed E-state index contributed by atoms with van der Waals surface area (Å²) in [6.45, 7) is 0. The molecule has 104 valence electrons. The number of rotatable bonds is 5. The maximum absolute atomic E-state index is 11.5. The largest absolute Gasteiger partial charge is 0.476 e. The van der Waals surface area contributed by atoms with Gasteiger partial charge in [-0.1, -0.05) is 6.07 Å². The molecule has 5 heteroatoms. The molecule has 4 rings (SSSR count). The van der Waals surface area contributed by atoms with Crippen molar-refractivity contribution in [2.75, 3.05) is 5.32 Å². The Morgan fingerprint density at radius 3 is 2.60 bits per heavy atom. The normalized spacial score (nSPS) is 18.6. The molecule has 5 nitrogen and oxygen atoms in total. The van der Waals surface area contributed by atoms with Crippen LogP contribution in [0.25, 0.3) is 5.65 Å². The Labute approximate surface area is 116 Å². The first-order valence-corrected chi connectivity index (χ1v) is 7.21. The van der Waals surface area contributed by atoms with Crippen LogP contribution in [0.1, 0.15) is 36.2 Å². The smallest absolute Gasteiger partial charge is 0.356 e. The number of pyridine rings is 1. The van der Waals surface area contributed by atoms with Crippen molar-refractivity contribution in [2.45, 2.75) is 31.7 Å². The van der Waals surface area contributed by atoms with Crippen LogP contribution >= 0.6 is 0 Å². The minimum Gasteiger partial charge on any atom is -0.476 e. The molecule has 0 aliphatic heterocycles. The zero-order valence-electron chi connectivity index (χ0n) is 11.1. The Bertz CT molecular complexity index is 659. The van der Waals surface area contributed by atoms with E-state index in [1.807, 2.05) is 18.2 Å². The van der Waals surface area contributed by atoms with Gasteiger partial charge in [0.1, 0.15) is 5.65 Å². The Hall–Kier alpha value is -2.04. The van der Waals surface area contributed by atoms with Crippen LogP contribution in [-0.2, 0) is 0 Å². The number of nitrogens with zero attached hydrogens (tertiary/aromatic N) is 2. The minimum absolute atomic E-state index is 0.243. The van der Waals surface area contributed by atoms with Gasteiger partial charge in [-0.2, -0.15) is 0 Å². The lowest BCUT2D eigenvalue weighted by molar-refractivity contribution is 0.0690. The summed E-state index contributed by atoms with van der Waals surface area (Å²) in [6, 6.07) is 5.93. The predicted octanol–water partition coefficient (Wildman–Crippen LogP) is 2.63. The molecule has 0 unspecified atom stereocenters.